The van der Waals surface area contributed by atoms with Gasteiger partial charge in [-0.3, -0.25) is 9.36 Å². The van der Waals surface area contributed by atoms with Crippen LogP contribution in [0.1, 0.15) is 42.1 Å². The summed E-state index contributed by atoms with van der Waals surface area (Å²) in [6.07, 6.45) is 1.80. The molecule has 46 heavy (non-hydrogen) atoms. The molecule has 0 unspecified atom stereocenters. The van der Waals surface area contributed by atoms with Gasteiger partial charge >= 0.3 is 5.97 Å². The second-order valence-corrected chi connectivity index (χ2v) is 11.4. The van der Waals surface area contributed by atoms with Crippen LogP contribution in [-0.4, -0.2) is 23.8 Å². The molecule has 232 valence electrons. The van der Waals surface area contributed by atoms with Gasteiger partial charge in [-0.05, 0) is 73.0 Å². The van der Waals surface area contributed by atoms with Gasteiger partial charge in [-0.1, -0.05) is 78.1 Å². The van der Waals surface area contributed by atoms with Crippen molar-refractivity contribution in [2.75, 3.05) is 13.2 Å². The van der Waals surface area contributed by atoms with Crippen LogP contribution in [0.5, 0.6) is 11.5 Å². The van der Waals surface area contributed by atoms with Gasteiger partial charge in [0.15, 0.2) is 4.80 Å². The summed E-state index contributed by atoms with van der Waals surface area (Å²) in [5, 5.41) is 0. The Hall–Kier alpha value is -5.28. The summed E-state index contributed by atoms with van der Waals surface area (Å²) in [6, 6.07) is 29.6. The molecule has 0 aliphatic carbocycles. The molecule has 1 aliphatic rings. The molecule has 0 bridgehead atoms. The highest BCUT2D eigenvalue weighted by molar-refractivity contribution is 7.07. The zero-order chi connectivity index (χ0) is 32.0. The third-order valence-corrected chi connectivity index (χ3v) is 8.36. The van der Waals surface area contributed by atoms with Gasteiger partial charge in [0.1, 0.15) is 23.9 Å². The second kappa shape index (κ2) is 13.8. The Labute approximate surface area is 269 Å². The van der Waals surface area contributed by atoms with Crippen LogP contribution in [-0.2, 0) is 16.1 Å². The van der Waals surface area contributed by atoms with Gasteiger partial charge in [0, 0.05) is 5.56 Å². The molecule has 1 aliphatic heterocycles. The van der Waals surface area contributed by atoms with Gasteiger partial charge in [-0.2, -0.15) is 0 Å². The molecule has 0 N–H and O–H groups in total. The molecular formula is C37H31FN2O5S. The SMILES string of the molecule is CCOC(=O)C1=C(c2ccccc2)N=c2s/c(=C\c3ccc(OCc4ccc(F)cc4)cc3)c(=O)n2[C@@H]1c1ccc(OCC)cc1. The fourth-order valence-corrected chi connectivity index (χ4v) is 6.23. The number of nitrogens with zero attached hydrogens (tertiary/aromatic N) is 2. The third kappa shape index (κ3) is 6.55. The molecule has 0 amide bonds. The molecule has 0 saturated carbocycles. The molecule has 7 nitrogen and oxygen atoms in total. The van der Waals surface area contributed by atoms with Gasteiger partial charge in [-0.15, -0.1) is 0 Å². The molecule has 1 aromatic heterocycles. The van der Waals surface area contributed by atoms with Crippen molar-refractivity contribution in [2.24, 2.45) is 4.99 Å². The van der Waals surface area contributed by atoms with E-state index < -0.39 is 12.0 Å². The van der Waals surface area contributed by atoms with Gasteiger partial charge in [0.25, 0.3) is 5.56 Å². The highest BCUT2D eigenvalue weighted by Gasteiger charge is 2.35. The average molecular weight is 635 g/mol. The van der Waals surface area contributed by atoms with E-state index in [1.807, 2.05) is 85.8 Å². The lowest BCUT2D eigenvalue weighted by Crippen LogP contribution is -2.40. The molecule has 6 rings (SSSR count). The minimum atomic E-state index is -0.773. The number of esters is 1. The highest BCUT2D eigenvalue weighted by Crippen LogP contribution is 2.35. The molecule has 5 aromatic rings. The maximum absolute atomic E-state index is 14.1. The van der Waals surface area contributed by atoms with Crippen molar-refractivity contribution >= 4 is 29.1 Å². The van der Waals surface area contributed by atoms with Crippen LogP contribution in [0.4, 0.5) is 4.39 Å². The highest BCUT2D eigenvalue weighted by atomic mass is 32.1. The van der Waals surface area contributed by atoms with E-state index in [0.717, 1.165) is 22.3 Å². The van der Waals surface area contributed by atoms with Crippen LogP contribution in [0.25, 0.3) is 11.8 Å². The molecule has 9 heteroatoms. The van der Waals surface area contributed by atoms with Gasteiger partial charge in [0.05, 0.1) is 35.1 Å². The number of carbonyl (C=O) groups excluding carboxylic acids is 1. The van der Waals surface area contributed by atoms with Crippen LogP contribution in [0, 0.1) is 5.82 Å². The number of hydrogen-bond donors (Lipinski definition) is 0. The number of carbonyl (C=O) groups is 1. The van der Waals surface area contributed by atoms with E-state index in [1.54, 1.807) is 29.7 Å². The number of aromatic nitrogens is 1. The van der Waals surface area contributed by atoms with E-state index in [9.17, 15) is 14.0 Å². The van der Waals surface area contributed by atoms with Crippen LogP contribution < -0.4 is 24.4 Å². The molecule has 0 radical (unpaired) electrons. The molecule has 0 spiro atoms. The van der Waals surface area contributed by atoms with E-state index in [0.29, 0.717) is 45.3 Å². The number of hydrogen-bond acceptors (Lipinski definition) is 7. The van der Waals surface area contributed by atoms with E-state index in [1.165, 1.54) is 23.5 Å². The largest absolute Gasteiger partial charge is 0.494 e. The average Bonchev–Trinajstić information content (AvgIpc) is 3.39. The first-order chi connectivity index (χ1) is 22.4. The molecule has 0 saturated heterocycles. The summed E-state index contributed by atoms with van der Waals surface area (Å²) in [5.74, 6) is 0.505. The number of benzene rings is 4. The third-order valence-electron chi connectivity index (χ3n) is 7.38. The monoisotopic (exact) mass is 634 g/mol. The Bertz CT molecular complexity index is 2050. The number of halogens is 1. The summed E-state index contributed by atoms with van der Waals surface area (Å²) >= 11 is 1.26. The topological polar surface area (TPSA) is 79.1 Å². The summed E-state index contributed by atoms with van der Waals surface area (Å²) in [7, 11) is 0. The summed E-state index contributed by atoms with van der Waals surface area (Å²) in [5.41, 5.74) is 3.61. The van der Waals surface area contributed by atoms with Crippen LogP contribution in [0.2, 0.25) is 0 Å². The first-order valence-corrected chi connectivity index (χ1v) is 15.8. The van der Waals surface area contributed by atoms with E-state index in [2.05, 4.69) is 0 Å². The van der Waals surface area contributed by atoms with Crippen molar-refractivity contribution in [3.8, 4) is 11.5 Å². The zero-order valence-corrected chi connectivity index (χ0v) is 26.1. The summed E-state index contributed by atoms with van der Waals surface area (Å²) in [6.45, 7) is 4.65. The van der Waals surface area contributed by atoms with E-state index in [-0.39, 0.29) is 18.0 Å². The standard InChI is InChI=1S/C37H31FN2O5S/c1-3-43-29-20-14-27(15-21-29)34-32(36(42)44-4-2)33(26-8-6-5-7-9-26)39-37-40(34)35(41)31(46-37)22-24-12-18-30(19-13-24)45-23-25-10-16-28(38)17-11-25/h5-22,34H,3-4,23H2,1-2H3/b31-22-/t34-/m1/s1. The van der Waals surface area contributed by atoms with Crippen molar-refractivity contribution in [1.29, 1.82) is 0 Å². The first kappa shape index (κ1) is 30.7. The lowest BCUT2D eigenvalue weighted by atomic mass is 9.93. The Morgan fingerprint density at radius 1 is 0.870 bits per heavy atom. The van der Waals surface area contributed by atoms with Crippen molar-refractivity contribution in [2.45, 2.75) is 26.5 Å². The van der Waals surface area contributed by atoms with Crippen molar-refractivity contribution in [3.63, 3.8) is 0 Å². The zero-order valence-electron chi connectivity index (χ0n) is 25.3. The number of rotatable bonds is 10. The number of thiazole rings is 1. The van der Waals surface area contributed by atoms with Gasteiger partial charge in [0.2, 0.25) is 0 Å². The minimum Gasteiger partial charge on any atom is -0.494 e. The maximum atomic E-state index is 14.1. The number of ether oxygens (including phenoxy) is 3. The minimum absolute atomic E-state index is 0.175. The molecular weight excluding hydrogens is 603 g/mol. The Morgan fingerprint density at radius 2 is 1.54 bits per heavy atom. The van der Waals surface area contributed by atoms with Crippen molar-refractivity contribution < 1.29 is 23.4 Å². The normalized spacial score (nSPS) is 14.4. The van der Waals surface area contributed by atoms with Gasteiger partial charge in [-0.25, -0.2) is 14.2 Å². The van der Waals surface area contributed by atoms with Gasteiger partial charge < -0.3 is 14.2 Å². The predicted molar refractivity (Wildman–Crippen MR) is 176 cm³/mol. The van der Waals surface area contributed by atoms with E-state index >= 15 is 0 Å². The Kier molecular flexibility index (Phi) is 9.21. The molecule has 4 aromatic carbocycles. The quantitative estimate of drug-likeness (QED) is 0.175. The summed E-state index contributed by atoms with van der Waals surface area (Å²) in [4.78, 5) is 33.1. The second-order valence-electron chi connectivity index (χ2n) is 10.4. The summed E-state index contributed by atoms with van der Waals surface area (Å²) < 4.78 is 32.3. The van der Waals surface area contributed by atoms with Crippen LogP contribution in [0.15, 0.2) is 118 Å². The Balaban J connectivity index is 1.42. The fourth-order valence-electron chi connectivity index (χ4n) is 5.23. The maximum Gasteiger partial charge on any atom is 0.338 e. The molecule has 0 fully saturated rings. The van der Waals surface area contributed by atoms with Crippen LogP contribution in [0.3, 0.4) is 0 Å². The Morgan fingerprint density at radius 3 is 2.22 bits per heavy atom. The van der Waals surface area contributed by atoms with Crippen LogP contribution >= 0.6 is 11.3 Å². The van der Waals surface area contributed by atoms with Crippen molar-refractivity contribution in [1.82, 2.24) is 4.57 Å². The smallest absolute Gasteiger partial charge is 0.338 e. The molecule has 1 atom stereocenters. The lowest BCUT2D eigenvalue weighted by Gasteiger charge is -2.26. The first-order valence-electron chi connectivity index (χ1n) is 14.9. The fraction of sp³-hybridized carbons (Fsp3) is 0.162. The van der Waals surface area contributed by atoms with E-state index in [4.69, 9.17) is 19.2 Å². The lowest BCUT2D eigenvalue weighted by molar-refractivity contribution is -0.138. The van der Waals surface area contributed by atoms with Crippen molar-refractivity contribution in [3.05, 3.63) is 156 Å². The predicted octanol–water partition coefficient (Wildman–Crippen LogP) is 6.05. The number of fused-ring (bicyclic) bond motifs is 1. The molecule has 2 heterocycles.